The van der Waals surface area contributed by atoms with Crippen molar-refractivity contribution in [3.63, 3.8) is 0 Å². The maximum Gasteiger partial charge on any atom is 0.261 e. The molecule has 0 atom stereocenters. The van der Waals surface area contributed by atoms with Crippen molar-refractivity contribution in [2.45, 2.75) is 51.7 Å². The van der Waals surface area contributed by atoms with Crippen molar-refractivity contribution in [2.24, 2.45) is 0 Å². The molecule has 3 rings (SSSR count). The van der Waals surface area contributed by atoms with E-state index in [1.165, 1.54) is 23.9 Å². The Kier molecular flexibility index (Phi) is 3.65. The highest BCUT2D eigenvalue weighted by Crippen LogP contribution is 2.26. The van der Waals surface area contributed by atoms with E-state index in [1.54, 1.807) is 0 Å². The summed E-state index contributed by atoms with van der Waals surface area (Å²) in [6, 6.07) is 0. The number of piperidine rings is 1. The largest absolute Gasteiger partial charge is 0.370 e. The molecule has 0 N–H and O–H groups in total. The Morgan fingerprint density at radius 2 is 2.10 bits per heavy atom. The molecule has 2 aliphatic heterocycles. The van der Waals surface area contributed by atoms with E-state index in [1.807, 2.05) is 6.20 Å². The molecule has 0 spiro atoms. The van der Waals surface area contributed by atoms with Gasteiger partial charge in [-0.15, -0.1) is 0 Å². The van der Waals surface area contributed by atoms with Gasteiger partial charge in [-0.2, -0.15) is 5.10 Å². The lowest BCUT2D eigenvalue weighted by atomic mass is 9.98. The van der Waals surface area contributed by atoms with Crippen LogP contribution in [0.1, 0.15) is 49.2 Å². The predicted molar refractivity (Wildman–Crippen MR) is 75.7 cm³/mol. The third-order valence-corrected chi connectivity index (χ3v) is 4.15. The van der Waals surface area contributed by atoms with Crippen LogP contribution in [0.15, 0.2) is 6.20 Å². The molecule has 0 bridgehead atoms. The zero-order valence-corrected chi connectivity index (χ0v) is 12.4. The van der Waals surface area contributed by atoms with E-state index >= 15 is 0 Å². The smallest absolute Gasteiger partial charge is 0.261 e. The SMILES string of the molecule is CC1(C)Cc2nn(C(=O)CN3CCCCC3)cc2CO1. The number of rotatable bonds is 2. The Morgan fingerprint density at radius 3 is 2.85 bits per heavy atom. The van der Waals surface area contributed by atoms with Crippen molar-refractivity contribution in [1.82, 2.24) is 14.7 Å². The number of nitrogens with zero attached hydrogens (tertiary/aromatic N) is 3. The van der Waals surface area contributed by atoms with Gasteiger partial charge >= 0.3 is 0 Å². The van der Waals surface area contributed by atoms with E-state index in [2.05, 4.69) is 23.8 Å². The average Bonchev–Trinajstić information content (AvgIpc) is 2.81. The lowest BCUT2D eigenvalue weighted by Crippen LogP contribution is -2.36. The number of hydrogen-bond donors (Lipinski definition) is 0. The first-order chi connectivity index (χ1) is 9.53. The number of carbonyl (C=O) groups excluding carboxylic acids is 1. The Morgan fingerprint density at radius 1 is 1.35 bits per heavy atom. The van der Waals surface area contributed by atoms with Crippen LogP contribution < -0.4 is 0 Å². The van der Waals surface area contributed by atoms with E-state index in [9.17, 15) is 4.79 Å². The molecule has 1 fully saturated rings. The van der Waals surface area contributed by atoms with Crippen LogP contribution in [0.2, 0.25) is 0 Å². The van der Waals surface area contributed by atoms with Crippen LogP contribution in [-0.2, 0) is 17.8 Å². The van der Waals surface area contributed by atoms with E-state index < -0.39 is 0 Å². The molecule has 1 saturated heterocycles. The lowest BCUT2D eigenvalue weighted by molar-refractivity contribution is -0.0406. The third kappa shape index (κ3) is 2.94. The van der Waals surface area contributed by atoms with E-state index in [0.29, 0.717) is 13.2 Å². The predicted octanol–water partition coefficient (Wildman–Crippen LogP) is 1.86. The third-order valence-electron chi connectivity index (χ3n) is 4.15. The van der Waals surface area contributed by atoms with Gasteiger partial charge in [0.15, 0.2) is 0 Å². The average molecular weight is 277 g/mol. The molecule has 0 saturated carbocycles. The first-order valence-electron chi connectivity index (χ1n) is 7.50. The molecule has 0 unspecified atom stereocenters. The number of hydrogen-bond acceptors (Lipinski definition) is 4. The molecule has 0 aliphatic carbocycles. The van der Waals surface area contributed by atoms with Gasteiger partial charge in [0, 0.05) is 18.2 Å². The summed E-state index contributed by atoms with van der Waals surface area (Å²) in [6.45, 7) is 7.21. The summed E-state index contributed by atoms with van der Waals surface area (Å²) in [5, 5.41) is 4.47. The van der Waals surface area contributed by atoms with Gasteiger partial charge in [-0.25, -0.2) is 4.68 Å². The van der Waals surface area contributed by atoms with Crippen LogP contribution in [-0.4, -0.2) is 45.8 Å². The Labute approximate surface area is 119 Å². The van der Waals surface area contributed by atoms with Crippen LogP contribution >= 0.6 is 0 Å². The second-order valence-corrected chi connectivity index (χ2v) is 6.50. The van der Waals surface area contributed by atoms with E-state index in [0.717, 1.165) is 30.8 Å². The number of ether oxygens (including phenoxy) is 1. The molecule has 0 amide bonds. The maximum absolute atomic E-state index is 12.3. The van der Waals surface area contributed by atoms with E-state index in [4.69, 9.17) is 4.74 Å². The topological polar surface area (TPSA) is 47.4 Å². The fraction of sp³-hybridized carbons (Fsp3) is 0.733. The van der Waals surface area contributed by atoms with Crippen LogP contribution in [0.4, 0.5) is 0 Å². The minimum absolute atomic E-state index is 0.0686. The number of carbonyl (C=O) groups is 1. The molecule has 3 heterocycles. The van der Waals surface area contributed by atoms with Crippen LogP contribution in [0.25, 0.3) is 0 Å². The molecule has 110 valence electrons. The van der Waals surface area contributed by atoms with Crippen molar-refractivity contribution in [1.29, 1.82) is 0 Å². The summed E-state index contributed by atoms with van der Waals surface area (Å²) in [5.41, 5.74) is 1.88. The van der Waals surface area contributed by atoms with Gasteiger partial charge in [-0.05, 0) is 39.8 Å². The molecule has 5 heteroatoms. The molecule has 1 aromatic rings. The van der Waals surface area contributed by atoms with Crippen LogP contribution in [0, 0.1) is 0 Å². The highest BCUT2D eigenvalue weighted by molar-refractivity contribution is 5.80. The molecule has 0 radical (unpaired) electrons. The first kappa shape index (κ1) is 13.8. The van der Waals surface area contributed by atoms with Crippen molar-refractivity contribution < 1.29 is 9.53 Å². The summed E-state index contributed by atoms with van der Waals surface area (Å²) in [5.74, 6) is 0.0686. The maximum atomic E-state index is 12.3. The quantitative estimate of drug-likeness (QED) is 0.828. The number of aromatic nitrogens is 2. The fourth-order valence-electron chi connectivity index (χ4n) is 2.95. The Hall–Kier alpha value is -1.20. The second kappa shape index (κ2) is 5.30. The van der Waals surface area contributed by atoms with Gasteiger partial charge in [0.05, 0.1) is 24.4 Å². The zero-order chi connectivity index (χ0) is 14.2. The first-order valence-corrected chi connectivity index (χ1v) is 7.50. The van der Waals surface area contributed by atoms with Gasteiger partial charge in [-0.1, -0.05) is 6.42 Å². The monoisotopic (exact) mass is 277 g/mol. The van der Waals surface area contributed by atoms with Crippen molar-refractivity contribution >= 4 is 5.91 Å². The van der Waals surface area contributed by atoms with Gasteiger partial charge in [0.2, 0.25) is 0 Å². The standard InChI is InChI=1S/C15H23N3O2/c1-15(2)8-13-12(11-20-15)9-18(16-13)14(19)10-17-6-4-3-5-7-17/h9H,3-8,10-11H2,1-2H3. The zero-order valence-electron chi connectivity index (χ0n) is 12.4. The van der Waals surface area contributed by atoms with Crippen molar-refractivity contribution in [3.8, 4) is 0 Å². The minimum atomic E-state index is -0.178. The molecule has 2 aliphatic rings. The number of fused-ring (bicyclic) bond motifs is 1. The van der Waals surface area contributed by atoms with Crippen molar-refractivity contribution in [2.75, 3.05) is 19.6 Å². The Bertz CT molecular complexity index is 501. The van der Waals surface area contributed by atoms with Gasteiger partial charge in [0.25, 0.3) is 5.91 Å². The molecule has 5 nitrogen and oxygen atoms in total. The van der Waals surface area contributed by atoms with Gasteiger partial charge in [0.1, 0.15) is 0 Å². The summed E-state index contributed by atoms with van der Waals surface area (Å²) in [7, 11) is 0. The number of likely N-dealkylation sites (tertiary alicyclic amines) is 1. The highest BCUT2D eigenvalue weighted by Gasteiger charge is 2.29. The highest BCUT2D eigenvalue weighted by atomic mass is 16.5. The normalized spacial score (nSPS) is 22.5. The van der Waals surface area contributed by atoms with Gasteiger partial charge in [-0.3, -0.25) is 9.69 Å². The minimum Gasteiger partial charge on any atom is -0.370 e. The summed E-state index contributed by atoms with van der Waals surface area (Å²) >= 11 is 0. The molecular formula is C15H23N3O2. The van der Waals surface area contributed by atoms with Gasteiger partial charge < -0.3 is 4.74 Å². The summed E-state index contributed by atoms with van der Waals surface area (Å²) in [6.07, 6.45) is 6.30. The summed E-state index contributed by atoms with van der Waals surface area (Å²) in [4.78, 5) is 14.5. The van der Waals surface area contributed by atoms with E-state index in [-0.39, 0.29) is 11.5 Å². The fourth-order valence-corrected chi connectivity index (χ4v) is 2.95. The molecule has 0 aromatic carbocycles. The molecule has 20 heavy (non-hydrogen) atoms. The second-order valence-electron chi connectivity index (χ2n) is 6.50. The molecule has 1 aromatic heterocycles. The van der Waals surface area contributed by atoms with Crippen LogP contribution in [0.3, 0.4) is 0 Å². The van der Waals surface area contributed by atoms with Crippen molar-refractivity contribution in [3.05, 3.63) is 17.5 Å². The summed E-state index contributed by atoms with van der Waals surface area (Å²) < 4.78 is 7.28. The molecular weight excluding hydrogens is 254 g/mol. The van der Waals surface area contributed by atoms with Crippen LogP contribution in [0.5, 0.6) is 0 Å². The lowest BCUT2D eigenvalue weighted by Gasteiger charge is -2.28. The Balaban J connectivity index is 1.68.